The number of rotatable bonds is 0. The lowest BCUT2D eigenvalue weighted by Crippen LogP contribution is -2.39. The molecule has 0 saturated heterocycles. The van der Waals surface area contributed by atoms with Gasteiger partial charge in [-0.15, -0.1) is 0 Å². The smallest absolute Gasteiger partial charge is 0.126 e. The number of nitrogens with two attached hydrogens (primary N) is 1. The lowest BCUT2D eigenvalue weighted by atomic mass is 9.77. The summed E-state index contributed by atoms with van der Waals surface area (Å²) in [5.74, 6) is -0.0410. The van der Waals surface area contributed by atoms with E-state index in [2.05, 4.69) is 6.07 Å². The van der Waals surface area contributed by atoms with E-state index in [1.807, 2.05) is 6.07 Å². The van der Waals surface area contributed by atoms with Gasteiger partial charge in [0.1, 0.15) is 5.82 Å². The first kappa shape index (κ1) is 8.42. The van der Waals surface area contributed by atoms with Gasteiger partial charge in [0.05, 0.1) is 0 Å². The molecule has 1 saturated carbocycles. The Morgan fingerprint density at radius 3 is 2.86 bits per heavy atom. The average molecular weight is 191 g/mol. The van der Waals surface area contributed by atoms with Gasteiger partial charge in [0.25, 0.3) is 0 Å². The number of benzene rings is 1. The predicted molar refractivity (Wildman–Crippen MR) is 53.6 cm³/mol. The van der Waals surface area contributed by atoms with Crippen molar-refractivity contribution in [3.8, 4) is 0 Å². The Labute approximate surface area is 83.1 Å². The number of fused-ring (bicyclic) bond motifs is 2. The van der Waals surface area contributed by atoms with E-state index in [9.17, 15) is 4.39 Å². The van der Waals surface area contributed by atoms with E-state index >= 15 is 0 Å². The molecule has 2 aliphatic carbocycles. The fraction of sp³-hybridized carbons (Fsp3) is 0.500. The van der Waals surface area contributed by atoms with E-state index in [1.54, 1.807) is 6.07 Å². The Bertz CT molecular complexity index is 382. The van der Waals surface area contributed by atoms with E-state index in [0.29, 0.717) is 0 Å². The fourth-order valence-corrected chi connectivity index (χ4v) is 2.83. The average Bonchev–Trinajstić information content (AvgIpc) is 2.94. The molecule has 1 atom stereocenters. The third-order valence-corrected chi connectivity index (χ3v) is 3.86. The summed E-state index contributed by atoms with van der Waals surface area (Å²) in [4.78, 5) is 0. The third-order valence-electron chi connectivity index (χ3n) is 3.86. The maximum absolute atomic E-state index is 13.5. The third kappa shape index (κ3) is 0.921. The van der Waals surface area contributed by atoms with E-state index in [-0.39, 0.29) is 17.3 Å². The van der Waals surface area contributed by atoms with Gasteiger partial charge in [0.2, 0.25) is 0 Å². The second-order valence-corrected chi connectivity index (χ2v) is 4.57. The topological polar surface area (TPSA) is 26.0 Å². The van der Waals surface area contributed by atoms with Crippen molar-refractivity contribution < 1.29 is 4.39 Å². The highest BCUT2D eigenvalue weighted by Gasteiger charge is 2.52. The molecule has 0 aromatic heterocycles. The highest BCUT2D eigenvalue weighted by molar-refractivity contribution is 5.43. The summed E-state index contributed by atoms with van der Waals surface area (Å²) in [6, 6.07) is 5.68. The first-order chi connectivity index (χ1) is 6.74. The van der Waals surface area contributed by atoms with Gasteiger partial charge in [0, 0.05) is 11.5 Å². The summed E-state index contributed by atoms with van der Waals surface area (Å²) in [5, 5.41) is 0. The van der Waals surface area contributed by atoms with Crippen LogP contribution in [0.25, 0.3) is 0 Å². The lowest BCUT2D eigenvalue weighted by molar-refractivity contribution is 0.441. The number of halogens is 1. The summed E-state index contributed by atoms with van der Waals surface area (Å²) in [7, 11) is 0. The standard InChI is InChI=1S/C12H14FN/c13-10-3-1-2-9-8(10)4-5-11(14)12(9)6-7-12/h1-3,11H,4-7,14H2. The van der Waals surface area contributed by atoms with Gasteiger partial charge in [-0.2, -0.15) is 0 Å². The fourth-order valence-electron chi connectivity index (χ4n) is 2.83. The van der Waals surface area contributed by atoms with Crippen LogP contribution in [0.4, 0.5) is 4.39 Å². The molecule has 1 nitrogen and oxygen atoms in total. The van der Waals surface area contributed by atoms with Crippen molar-refractivity contribution in [1.82, 2.24) is 0 Å². The van der Waals surface area contributed by atoms with Crippen molar-refractivity contribution in [3.05, 3.63) is 35.1 Å². The maximum atomic E-state index is 13.5. The molecule has 0 aliphatic heterocycles. The Morgan fingerprint density at radius 1 is 1.36 bits per heavy atom. The van der Waals surface area contributed by atoms with Crippen LogP contribution in [0.2, 0.25) is 0 Å². The second kappa shape index (κ2) is 2.57. The molecule has 0 amide bonds. The van der Waals surface area contributed by atoms with E-state index in [0.717, 1.165) is 31.2 Å². The molecule has 14 heavy (non-hydrogen) atoms. The number of hydrogen-bond donors (Lipinski definition) is 1. The minimum atomic E-state index is -0.0410. The summed E-state index contributed by atoms with van der Waals surface area (Å²) < 4.78 is 13.5. The van der Waals surface area contributed by atoms with Crippen LogP contribution in [-0.2, 0) is 11.8 Å². The highest BCUT2D eigenvalue weighted by Crippen LogP contribution is 2.54. The van der Waals surface area contributed by atoms with Gasteiger partial charge in [-0.05, 0) is 42.9 Å². The maximum Gasteiger partial charge on any atom is 0.126 e. The van der Waals surface area contributed by atoms with Crippen LogP contribution in [0, 0.1) is 5.82 Å². The molecule has 2 N–H and O–H groups in total. The van der Waals surface area contributed by atoms with Crippen LogP contribution >= 0.6 is 0 Å². The van der Waals surface area contributed by atoms with Crippen molar-refractivity contribution in [1.29, 1.82) is 0 Å². The van der Waals surface area contributed by atoms with Gasteiger partial charge >= 0.3 is 0 Å². The number of hydrogen-bond acceptors (Lipinski definition) is 1. The molecule has 1 aromatic rings. The van der Waals surface area contributed by atoms with Gasteiger partial charge in [-0.25, -0.2) is 4.39 Å². The monoisotopic (exact) mass is 191 g/mol. The molecule has 3 rings (SSSR count). The van der Waals surface area contributed by atoms with Crippen LogP contribution in [0.3, 0.4) is 0 Å². The Balaban J connectivity index is 2.18. The van der Waals surface area contributed by atoms with E-state index in [1.165, 1.54) is 5.56 Å². The molecule has 74 valence electrons. The van der Waals surface area contributed by atoms with Crippen LogP contribution in [0.15, 0.2) is 18.2 Å². The molecule has 2 aliphatic rings. The minimum Gasteiger partial charge on any atom is -0.327 e. The highest BCUT2D eigenvalue weighted by atomic mass is 19.1. The Morgan fingerprint density at radius 2 is 2.14 bits per heavy atom. The molecular weight excluding hydrogens is 177 g/mol. The molecule has 0 heterocycles. The lowest BCUT2D eigenvalue weighted by Gasteiger charge is -2.31. The van der Waals surface area contributed by atoms with Crippen LogP contribution in [-0.4, -0.2) is 6.04 Å². The molecule has 1 unspecified atom stereocenters. The molecule has 0 radical (unpaired) electrons. The van der Waals surface area contributed by atoms with Gasteiger partial charge in [-0.3, -0.25) is 0 Å². The zero-order valence-electron chi connectivity index (χ0n) is 8.09. The van der Waals surface area contributed by atoms with Crippen molar-refractivity contribution in [3.63, 3.8) is 0 Å². The van der Waals surface area contributed by atoms with Crippen LogP contribution in [0.1, 0.15) is 30.4 Å². The predicted octanol–water partition coefficient (Wildman–Crippen LogP) is 2.13. The molecule has 1 aromatic carbocycles. The molecular formula is C12H14FN. The SMILES string of the molecule is NC1CCc2c(F)cccc2C12CC2. The zero-order valence-corrected chi connectivity index (χ0v) is 8.09. The van der Waals surface area contributed by atoms with E-state index < -0.39 is 0 Å². The molecule has 0 bridgehead atoms. The van der Waals surface area contributed by atoms with Crippen molar-refractivity contribution in [2.75, 3.05) is 0 Å². The second-order valence-electron chi connectivity index (χ2n) is 4.57. The van der Waals surface area contributed by atoms with Crippen LogP contribution in [0.5, 0.6) is 0 Å². The largest absolute Gasteiger partial charge is 0.327 e. The van der Waals surface area contributed by atoms with Gasteiger partial charge in [0.15, 0.2) is 0 Å². The van der Waals surface area contributed by atoms with Crippen molar-refractivity contribution in [2.24, 2.45) is 5.73 Å². The summed E-state index contributed by atoms with van der Waals surface area (Å²) in [5.41, 5.74) is 8.38. The summed E-state index contributed by atoms with van der Waals surface area (Å²) in [6.07, 6.45) is 4.04. The van der Waals surface area contributed by atoms with Gasteiger partial charge in [-0.1, -0.05) is 12.1 Å². The van der Waals surface area contributed by atoms with Crippen molar-refractivity contribution >= 4 is 0 Å². The summed E-state index contributed by atoms with van der Waals surface area (Å²) in [6.45, 7) is 0. The van der Waals surface area contributed by atoms with E-state index in [4.69, 9.17) is 5.73 Å². The molecule has 1 fully saturated rings. The van der Waals surface area contributed by atoms with Gasteiger partial charge < -0.3 is 5.73 Å². The molecule has 1 spiro atoms. The Hall–Kier alpha value is -0.890. The quantitative estimate of drug-likeness (QED) is 0.668. The normalized spacial score (nSPS) is 27.4. The Kier molecular flexibility index (Phi) is 1.55. The molecule has 2 heteroatoms. The minimum absolute atomic E-state index is 0.0410. The van der Waals surface area contributed by atoms with Crippen LogP contribution < -0.4 is 5.73 Å². The first-order valence-corrected chi connectivity index (χ1v) is 5.27. The summed E-state index contributed by atoms with van der Waals surface area (Å²) >= 11 is 0. The van der Waals surface area contributed by atoms with Crippen molar-refractivity contribution in [2.45, 2.75) is 37.1 Å². The zero-order chi connectivity index (χ0) is 9.76. The first-order valence-electron chi connectivity index (χ1n) is 5.27.